The third kappa shape index (κ3) is 5.15. The Hall–Kier alpha value is -3.93. The van der Waals surface area contributed by atoms with Crippen LogP contribution in [0.2, 0.25) is 0 Å². The molecule has 40 heavy (non-hydrogen) atoms. The topological polar surface area (TPSA) is 69.9 Å². The molecule has 1 aliphatic carbocycles. The molecule has 6 nitrogen and oxygen atoms in total. The molecule has 6 heteroatoms. The number of fused-ring (bicyclic) bond motifs is 4. The lowest BCUT2D eigenvalue weighted by molar-refractivity contribution is 0.0684. The highest BCUT2D eigenvalue weighted by molar-refractivity contribution is 6.04. The highest BCUT2D eigenvalue weighted by Gasteiger charge is 2.25. The van der Waals surface area contributed by atoms with Crippen molar-refractivity contribution in [3.8, 4) is 28.4 Å². The zero-order chi connectivity index (χ0) is 27.5. The van der Waals surface area contributed by atoms with Crippen molar-refractivity contribution in [3.05, 3.63) is 77.0 Å². The SMILES string of the molecule is COc1cc2cc(c1)-c1cccc3c(CCCOc4cccc5c4CCCC5)c(C(=O)O)n(c13)CCCCCO2. The fraction of sp³-hybridized carbons (Fsp3) is 0.382. The first-order chi connectivity index (χ1) is 19.6. The van der Waals surface area contributed by atoms with Gasteiger partial charge in [-0.3, -0.25) is 0 Å². The van der Waals surface area contributed by atoms with Gasteiger partial charge in [0.15, 0.2) is 0 Å². The van der Waals surface area contributed by atoms with Crippen LogP contribution in [0.15, 0.2) is 54.6 Å². The monoisotopic (exact) mass is 539 g/mol. The van der Waals surface area contributed by atoms with Crippen molar-refractivity contribution in [1.29, 1.82) is 0 Å². The summed E-state index contributed by atoms with van der Waals surface area (Å²) in [5, 5.41) is 11.5. The predicted molar refractivity (Wildman–Crippen MR) is 157 cm³/mol. The smallest absolute Gasteiger partial charge is 0.352 e. The van der Waals surface area contributed by atoms with E-state index in [0.717, 1.165) is 83.4 Å². The van der Waals surface area contributed by atoms with Gasteiger partial charge in [-0.2, -0.15) is 0 Å². The van der Waals surface area contributed by atoms with Crippen molar-refractivity contribution in [2.24, 2.45) is 0 Å². The Morgan fingerprint density at radius 3 is 2.75 bits per heavy atom. The van der Waals surface area contributed by atoms with Gasteiger partial charge in [-0.25, -0.2) is 4.79 Å². The van der Waals surface area contributed by atoms with Crippen molar-refractivity contribution < 1.29 is 24.1 Å². The molecule has 2 aliphatic rings. The summed E-state index contributed by atoms with van der Waals surface area (Å²) in [4.78, 5) is 12.8. The maximum atomic E-state index is 12.8. The van der Waals surface area contributed by atoms with Crippen molar-refractivity contribution in [2.75, 3.05) is 20.3 Å². The number of ether oxygens (including phenoxy) is 3. The molecular weight excluding hydrogens is 502 g/mol. The quantitative estimate of drug-likeness (QED) is 0.247. The van der Waals surface area contributed by atoms with Crippen LogP contribution >= 0.6 is 0 Å². The number of hydrogen-bond acceptors (Lipinski definition) is 4. The number of nitrogens with zero attached hydrogens (tertiary/aromatic N) is 1. The molecule has 0 saturated heterocycles. The van der Waals surface area contributed by atoms with E-state index in [4.69, 9.17) is 14.2 Å². The van der Waals surface area contributed by atoms with Crippen LogP contribution in [0.4, 0.5) is 0 Å². The van der Waals surface area contributed by atoms with Crippen LogP contribution in [0.1, 0.15) is 65.7 Å². The standard InChI is InChI=1S/C34H37NO5/c1-38-25-20-24-21-26(22-25)39-18-6-2-5-17-35-32-28(24)13-8-14-29(32)30(33(35)34(36)37)15-9-19-40-31-16-7-11-23-10-3-4-12-27(23)31/h7-8,11,13-14,16,20-22H,2-6,9-10,12,15,17-19H2,1H3,(H,36,37). The minimum atomic E-state index is -0.878. The van der Waals surface area contributed by atoms with E-state index in [1.165, 1.54) is 24.0 Å². The van der Waals surface area contributed by atoms with Gasteiger partial charge in [0.25, 0.3) is 0 Å². The Morgan fingerprint density at radius 2 is 1.88 bits per heavy atom. The van der Waals surface area contributed by atoms with Crippen molar-refractivity contribution in [1.82, 2.24) is 4.57 Å². The van der Waals surface area contributed by atoms with E-state index < -0.39 is 5.97 Å². The summed E-state index contributed by atoms with van der Waals surface area (Å²) < 4.78 is 20.0. The third-order valence-electron chi connectivity index (χ3n) is 8.29. The van der Waals surface area contributed by atoms with Gasteiger partial charge in [0.05, 0.1) is 25.8 Å². The molecule has 0 radical (unpaired) electrons. The van der Waals surface area contributed by atoms with Crippen molar-refractivity contribution in [3.63, 3.8) is 0 Å². The first-order valence-electron chi connectivity index (χ1n) is 14.6. The summed E-state index contributed by atoms with van der Waals surface area (Å²) in [7, 11) is 1.66. The zero-order valence-electron chi connectivity index (χ0n) is 23.2. The second kappa shape index (κ2) is 11.7. The van der Waals surface area contributed by atoms with Crippen LogP contribution in [0.5, 0.6) is 17.2 Å². The minimum absolute atomic E-state index is 0.399. The average molecular weight is 540 g/mol. The first kappa shape index (κ1) is 26.3. The number of carboxylic acids is 1. The lowest BCUT2D eigenvalue weighted by Gasteiger charge is -2.19. The first-order valence-corrected chi connectivity index (χ1v) is 14.6. The van der Waals surface area contributed by atoms with Gasteiger partial charge in [-0.15, -0.1) is 0 Å². The van der Waals surface area contributed by atoms with Gasteiger partial charge >= 0.3 is 5.97 Å². The fourth-order valence-electron chi connectivity index (χ4n) is 6.41. The number of methoxy groups -OCH3 is 1. The van der Waals surface area contributed by atoms with Crippen LogP contribution in [0.3, 0.4) is 0 Å². The molecule has 3 aromatic carbocycles. The number of carboxylic acid groups (broad SMARTS) is 1. The van der Waals surface area contributed by atoms with Crippen LogP contribution in [0, 0.1) is 0 Å². The maximum absolute atomic E-state index is 12.8. The number of aryl methyl sites for hydroxylation is 3. The summed E-state index contributed by atoms with van der Waals surface area (Å²) in [5.74, 6) is 1.60. The zero-order valence-corrected chi connectivity index (χ0v) is 23.2. The van der Waals surface area contributed by atoms with Crippen molar-refractivity contribution in [2.45, 2.75) is 64.3 Å². The van der Waals surface area contributed by atoms with Crippen LogP contribution in [-0.2, 0) is 25.8 Å². The lowest BCUT2D eigenvalue weighted by atomic mass is 9.91. The second-order valence-corrected chi connectivity index (χ2v) is 10.8. The van der Waals surface area contributed by atoms with E-state index in [0.29, 0.717) is 31.9 Å². The van der Waals surface area contributed by atoms with Crippen LogP contribution in [0.25, 0.3) is 22.0 Å². The Labute approximate surface area is 235 Å². The summed E-state index contributed by atoms with van der Waals surface area (Å²) >= 11 is 0. The molecular formula is C34H37NO5. The number of rotatable bonds is 7. The lowest BCUT2D eigenvalue weighted by Crippen LogP contribution is -2.12. The van der Waals surface area contributed by atoms with E-state index in [-0.39, 0.29) is 0 Å². The molecule has 0 spiro atoms. The van der Waals surface area contributed by atoms with Crippen LogP contribution in [-0.4, -0.2) is 36.0 Å². The summed E-state index contributed by atoms with van der Waals surface area (Å²) in [6, 6.07) is 18.5. The Balaban J connectivity index is 1.36. The number of para-hydroxylation sites is 1. The van der Waals surface area contributed by atoms with E-state index in [1.807, 2.05) is 28.8 Å². The molecule has 0 atom stereocenters. The van der Waals surface area contributed by atoms with Crippen molar-refractivity contribution >= 4 is 16.9 Å². The number of carbonyl (C=O) groups is 1. The number of aromatic nitrogens is 1. The highest BCUT2D eigenvalue weighted by Crippen LogP contribution is 2.39. The normalized spacial score (nSPS) is 14.9. The molecule has 0 fully saturated rings. The summed E-state index contributed by atoms with van der Waals surface area (Å²) in [6.07, 6.45) is 8.78. The van der Waals surface area contributed by atoms with Gasteiger partial charge < -0.3 is 23.9 Å². The molecule has 2 bridgehead atoms. The molecule has 2 heterocycles. The molecule has 1 aromatic heterocycles. The van der Waals surface area contributed by atoms with Gasteiger partial charge in [-0.1, -0.05) is 30.3 Å². The molecule has 4 aromatic rings. The highest BCUT2D eigenvalue weighted by atomic mass is 16.5. The van der Waals surface area contributed by atoms with Gasteiger partial charge in [0.1, 0.15) is 22.9 Å². The molecule has 0 saturated carbocycles. The average Bonchev–Trinajstić information content (AvgIpc) is 3.30. The van der Waals surface area contributed by atoms with E-state index in [1.54, 1.807) is 7.11 Å². The molecule has 6 rings (SSSR count). The molecule has 208 valence electrons. The van der Waals surface area contributed by atoms with E-state index >= 15 is 0 Å². The number of aromatic carboxylic acids is 1. The van der Waals surface area contributed by atoms with E-state index in [2.05, 4.69) is 30.3 Å². The van der Waals surface area contributed by atoms with Crippen LogP contribution < -0.4 is 14.2 Å². The van der Waals surface area contributed by atoms with Gasteiger partial charge in [0, 0.05) is 23.6 Å². The Kier molecular flexibility index (Phi) is 7.67. The van der Waals surface area contributed by atoms with Gasteiger partial charge in [-0.05, 0) is 98.2 Å². The predicted octanol–water partition coefficient (Wildman–Crippen LogP) is 7.47. The third-order valence-corrected chi connectivity index (χ3v) is 8.29. The van der Waals surface area contributed by atoms with Gasteiger partial charge in [0.2, 0.25) is 0 Å². The Bertz CT molecular complexity index is 1540. The molecule has 1 N–H and O–H groups in total. The largest absolute Gasteiger partial charge is 0.497 e. The second-order valence-electron chi connectivity index (χ2n) is 10.8. The minimum Gasteiger partial charge on any atom is -0.497 e. The maximum Gasteiger partial charge on any atom is 0.352 e. The Morgan fingerprint density at radius 1 is 1.00 bits per heavy atom. The number of hydrogen-bond donors (Lipinski definition) is 1. The summed E-state index contributed by atoms with van der Waals surface area (Å²) in [5.41, 5.74) is 6.95. The van der Waals surface area contributed by atoms with E-state index in [9.17, 15) is 9.90 Å². The molecule has 0 unspecified atom stereocenters. The summed E-state index contributed by atoms with van der Waals surface area (Å²) in [6.45, 7) is 1.83. The number of benzene rings is 3. The fourth-order valence-corrected chi connectivity index (χ4v) is 6.41. The molecule has 1 aliphatic heterocycles. The molecule has 0 amide bonds.